The molecule has 1 heterocycles. The van der Waals surface area contributed by atoms with Crippen molar-refractivity contribution in [1.29, 1.82) is 0 Å². The minimum Gasteiger partial charge on any atom is -0.341 e. The Kier molecular flexibility index (Phi) is 7.12. The maximum atomic E-state index is 14.0. The Morgan fingerprint density at radius 3 is 2.28 bits per heavy atom. The van der Waals surface area contributed by atoms with E-state index in [1.807, 2.05) is 25.2 Å². The number of hydrogen-bond acceptors (Lipinski definition) is 2. The summed E-state index contributed by atoms with van der Waals surface area (Å²) in [4.78, 5) is 17.0. The molecule has 1 saturated heterocycles. The monoisotopic (exact) mass is 528 g/mol. The lowest BCUT2D eigenvalue weighted by molar-refractivity contribution is -0.132. The summed E-state index contributed by atoms with van der Waals surface area (Å²) in [5.41, 5.74) is 1.23. The van der Waals surface area contributed by atoms with Crippen LogP contribution in [-0.2, 0) is 16.8 Å². The van der Waals surface area contributed by atoms with Crippen LogP contribution in [0.25, 0.3) is 0 Å². The molecule has 3 rings (SSSR count). The molecule has 1 aliphatic heterocycles. The molecule has 0 saturated carbocycles. The summed E-state index contributed by atoms with van der Waals surface area (Å²) in [5.74, 6) is -1.73. The third kappa shape index (κ3) is 5.44. The van der Waals surface area contributed by atoms with Crippen molar-refractivity contribution in [2.24, 2.45) is 0 Å². The van der Waals surface area contributed by atoms with Crippen LogP contribution in [0.3, 0.4) is 0 Å². The number of benzene rings is 2. The first kappa shape index (κ1) is 22.4. The molecule has 1 fully saturated rings. The molecule has 156 valence electrons. The number of amides is 1. The van der Waals surface area contributed by atoms with Gasteiger partial charge < -0.3 is 9.80 Å². The number of rotatable bonds is 5. The number of carbonyl (C=O) groups excluding carboxylic acids is 1. The lowest BCUT2D eigenvalue weighted by Crippen LogP contribution is -2.44. The van der Waals surface area contributed by atoms with Gasteiger partial charge in [-0.2, -0.15) is 0 Å². The summed E-state index contributed by atoms with van der Waals surface area (Å²) in [6.45, 7) is 2.10. The number of piperidine rings is 1. The minimum absolute atomic E-state index is 0.00427. The third-order valence-electron chi connectivity index (χ3n) is 5.73. The van der Waals surface area contributed by atoms with Gasteiger partial charge in [-0.05, 0) is 74.4 Å². The van der Waals surface area contributed by atoms with E-state index >= 15 is 0 Å². The molecule has 0 aliphatic carbocycles. The summed E-state index contributed by atoms with van der Waals surface area (Å²) in [6, 6.07) is 9.96. The molecule has 0 unspecified atom stereocenters. The van der Waals surface area contributed by atoms with E-state index in [0.717, 1.165) is 46.5 Å². The highest BCUT2D eigenvalue weighted by Crippen LogP contribution is 2.39. The zero-order valence-corrected chi connectivity index (χ0v) is 19.7. The Balaban J connectivity index is 1.81. The minimum atomic E-state index is -0.861. The third-order valence-corrected chi connectivity index (χ3v) is 6.65. The molecule has 29 heavy (non-hydrogen) atoms. The van der Waals surface area contributed by atoms with Gasteiger partial charge in [0.05, 0.1) is 0 Å². The highest BCUT2D eigenvalue weighted by Gasteiger charge is 2.38. The number of hydrogen-bond donors (Lipinski definition) is 0. The van der Waals surface area contributed by atoms with Crippen LogP contribution >= 0.6 is 31.9 Å². The zero-order chi connectivity index (χ0) is 21.2. The molecular formula is C22H24Br2F2N2O. The largest absolute Gasteiger partial charge is 0.341 e. The van der Waals surface area contributed by atoms with Gasteiger partial charge in [0.2, 0.25) is 5.91 Å². The standard InChI is InChI=1S/C22H24Br2F2N2O/c1-27-7-5-22(6-8-27,16-3-4-19(25)20(26)11-16)13-21(29)28(2)14-15-9-17(23)12-18(24)10-15/h3-4,9-12H,5-8,13-14H2,1-2H3. The number of nitrogens with zero attached hydrogens (tertiary/aromatic N) is 2. The van der Waals surface area contributed by atoms with Crippen LogP contribution in [0, 0.1) is 11.6 Å². The molecular weight excluding hydrogens is 506 g/mol. The average molecular weight is 530 g/mol. The second-order valence-corrected chi connectivity index (χ2v) is 9.75. The average Bonchev–Trinajstić information content (AvgIpc) is 2.65. The molecule has 3 nitrogen and oxygen atoms in total. The van der Waals surface area contributed by atoms with Crippen LogP contribution in [0.1, 0.15) is 30.4 Å². The second kappa shape index (κ2) is 9.23. The van der Waals surface area contributed by atoms with Gasteiger partial charge in [-0.1, -0.05) is 37.9 Å². The number of halogens is 4. The number of carbonyl (C=O) groups is 1. The van der Waals surface area contributed by atoms with Crippen LogP contribution in [0.5, 0.6) is 0 Å². The van der Waals surface area contributed by atoms with E-state index in [1.54, 1.807) is 18.0 Å². The Bertz CT molecular complexity index is 878. The van der Waals surface area contributed by atoms with E-state index in [9.17, 15) is 13.6 Å². The fourth-order valence-electron chi connectivity index (χ4n) is 3.93. The topological polar surface area (TPSA) is 23.6 Å². The van der Waals surface area contributed by atoms with E-state index in [1.165, 1.54) is 6.07 Å². The summed E-state index contributed by atoms with van der Waals surface area (Å²) in [5, 5.41) is 0. The predicted molar refractivity (Wildman–Crippen MR) is 118 cm³/mol. The Labute approximate surface area is 187 Å². The van der Waals surface area contributed by atoms with Crippen molar-refractivity contribution >= 4 is 37.8 Å². The SMILES string of the molecule is CN1CCC(CC(=O)N(C)Cc2cc(Br)cc(Br)c2)(c2ccc(F)c(F)c2)CC1. The van der Waals surface area contributed by atoms with Gasteiger partial charge in [-0.3, -0.25) is 4.79 Å². The van der Waals surface area contributed by atoms with Crippen LogP contribution in [0.2, 0.25) is 0 Å². The lowest BCUT2D eigenvalue weighted by Gasteiger charge is -2.41. The fourth-order valence-corrected chi connectivity index (χ4v) is 5.32. The smallest absolute Gasteiger partial charge is 0.223 e. The molecule has 0 bridgehead atoms. The van der Waals surface area contributed by atoms with E-state index in [2.05, 4.69) is 36.8 Å². The van der Waals surface area contributed by atoms with Crippen molar-refractivity contribution in [2.75, 3.05) is 27.2 Å². The van der Waals surface area contributed by atoms with E-state index in [0.29, 0.717) is 12.1 Å². The van der Waals surface area contributed by atoms with Gasteiger partial charge in [-0.25, -0.2) is 8.78 Å². The van der Waals surface area contributed by atoms with Crippen molar-refractivity contribution in [2.45, 2.75) is 31.2 Å². The van der Waals surface area contributed by atoms with E-state index in [4.69, 9.17) is 0 Å². The molecule has 0 atom stereocenters. The number of likely N-dealkylation sites (tertiary alicyclic amines) is 1. The molecule has 0 radical (unpaired) electrons. The van der Waals surface area contributed by atoms with Gasteiger partial charge in [-0.15, -0.1) is 0 Å². The first-order valence-electron chi connectivity index (χ1n) is 9.51. The van der Waals surface area contributed by atoms with Crippen LogP contribution in [0.15, 0.2) is 45.3 Å². The summed E-state index contributed by atoms with van der Waals surface area (Å²) in [6.07, 6.45) is 1.74. The highest BCUT2D eigenvalue weighted by molar-refractivity contribution is 9.11. The van der Waals surface area contributed by atoms with Gasteiger partial charge >= 0.3 is 0 Å². The molecule has 7 heteroatoms. The van der Waals surface area contributed by atoms with Crippen molar-refractivity contribution in [3.05, 3.63) is 68.1 Å². The second-order valence-electron chi connectivity index (χ2n) is 7.92. The van der Waals surface area contributed by atoms with Crippen LogP contribution in [-0.4, -0.2) is 42.9 Å². The molecule has 1 amide bonds. The zero-order valence-electron chi connectivity index (χ0n) is 16.5. The molecule has 1 aliphatic rings. The molecule has 2 aromatic rings. The van der Waals surface area contributed by atoms with Crippen molar-refractivity contribution in [1.82, 2.24) is 9.80 Å². The van der Waals surface area contributed by atoms with Gasteiger partial charge in [0.1, 0.15) is 0 Å². The maximum absolute atomic E-state index is 14.0. The molecule has 0 aromatic heterocycles. The summed E-state index contributed by atoms with van der Waals surface area (Å²) >= 11 is 6.95. The van der Waals surface area contributed by atoms with Gasteiger partial charge in [0, 0.05) is 34.4 Å². The molecule has 0 spiro atoms. The van der Waals surface area contributed by atoms with Crippen molar-refractivity contribution in [3.8, 4) is 0 Å². The van der Waals surface area contributed by atoms with Crippen LogP contribution in [0.4, 0.5) is 8.78 Å². The van der Waals surface area contributed by atoms with Gasteiger partial charge in [0.25, 0.3) is 0 Å². The Hall–Kier alpha value is -1.31. The summed E-state index contributed by atoms with van der Waals surface area (Å²) in [7, 11) is 3.82. The maximum Gasteiger partial charge on any atom is 0.223 e. The predicted octanol–water partition coefficient (Wildman–Crippen LogP) is 5.50. The quantitative estimate of drug-likeness (QED) is 0.510. The molecule has 0 N–H and O–H groups in total. The van der Waals surface area contributed by atoms with Gasteiger partial charge in [0.15, 0.2) is 11.6 Å². The Morgan fingerprint density at radius 2 is 1.69 bits per heavy atom. The van der Waals surface area contributed by atoms with E-state index in [-0.39, 0.29) is 12.3 Å². The fraction of sp³-hybridized carbons (Fsp3) is 0.409. The Morgan fingerprint density at radius 1 is 1.07 bits per heavy atom. The normalized spacial score (nSPS) is 16.6. The summed E-state index contributed by atoms with van der Waals surface area (Å²) < 4.78 is 29.3. The molecule has 2 aromatic carbocycles. The van der Waals surface area contributed by atoms with Crippen molar-refractivity contribution < 1.29 is 13.6 Å². The van der Waals surface area contributed by atoms with Crippen molar-refractivity contribution in [3.63, 3.8) is 0 Å². The highest BCUT2D eigenvalue weighted by atomic mass is 79.9. The first-order chi connectivity index (χ1) is 13.7. The van der Waals surface area contributed by atoms with Crippen LogP contribution < -0.4 is 0 Å². The first-order valence-corrected chi connectivity index (χ1v) is 11.1. The lowest BCUT2D eigenvalue weighted by atomic mass is 9.70. The van der Waals surface area contributed by atoms with E-state index < -0.39 is 17.0 Å².